The van der Waals surface area contributed by atoms with E-state index in [-0.39, 0.29) is 10.8 Å². The highest BCUT2D eigenvalue weighted by atomic mass is 35.5. The standard InChI is InChI=1S/C12H10ClN3O2S2/c1-19-10-6-9(14-12(13)15-10)16-20-8-4-2-3-7(5-8)11(17)18/h2-6H,1H3,(H,17,18)(H,14,15,16). The van der Waals surface area contributed by atoms with Gasteiger partial charge in [-0.25, -0.2) is 9.78 Å². The van der Waals surface area contributed by atoms with Crippen LogP contribution < -0.4 is 4.72 Å². The molecule has 0 fully saturated rings. The number of benzene rings is 1. The quantitative estimate of drug-likeness (QED) is 0.375. The van der Waals surface area contributed by atoms with Crippen LogP contribution in [0.1, 0.15) is 10.4 Å². The molecule has 2 aromatic rings. The molecule has 1 aromatic heterocycles. The third kappa shape index (κ3) is 4.03. The van der Waals surface area contributed by atoms with Crippen LogP contribution >= 0.6 is 35.3 Å². The van der Waals surface area contributed by atoms with Crippen molar-refractivity contribution in [1.82, 2.24) is 9.97 Å². The van der Waals surface area contributed by atoms with Gasteiger partial charge in [0.25, 0.3) is 0 Å². The largest absolute Gasteiger partial charge is 0.478 e. The number of aromatic carboxylic acids is 1. The van der Waals surface area contributed by atoms with Gasteiger partial charge in [-0.3, -0.25) is 0 Å². The molecule has 0 atom stereocenters. The Bertz CT molecular complexity index is 640. The molecule has 0 amide bonds. The molecule has 5 nitrogen and oxygen atoms in total. The van der Waals surface area contributed by atoms with Crippen molar-refractivity contribution in [3.05, 3.63) is 41.2 Å². The van der Waals surface area contributed by atoms with Crippen LogP contribution in [0.2, 0.25) is 5.28 Å². The number of hydrogen-bond acceptors (Lipinski definition) is 6. The SMILES string of the molecule is CSc1cc(NSc2cccc(C(=O)O)c2)nc(Cl)n1. The molecule has 0 saturated heterocycles. The molecule has 0 aliphatic heterocycles. The molecule has 0 saturated carbocycles. The molecule has 0 bridgehead atoms. The van der Waals surface area contributed by atoms with Crippen LogP contribution in [0.5, 0.6) is 0 Å². The minimum Gasteiger partial charge on any atom is -0.478 e. The van der Waals surface area contributed by atoms with Crippen LogP contribution in [-0.2, 0) is 0 Å². The lowest BCUT2D eigenvalue weighted by atomic mass is 10.2. The molecule has 0 aliphatic carbocycles. The fourth-order valence-corrected chi connectivity index (χ4v) is 2.66. The first kappa shape index (κ1) is 15.0. The molecule has 2 N–H and O–H groups in total. The zero-order valence-electron chi connectivity index (χ0n) is 10.3. The van der Waals surface area contributed by atoms with Crippen LogP contribution in [0, 0.1) is 0 Å². The van der Waals surface area contributed by atoms with Crippen molar-refractivity contribution < 1.29 is 9.90 Å². The van der Waals surface area contributed by atoms with Gasteiger partial charge in [0.1, 0.15) is 10.8 Å². The van der Waals surface area contributed by atoms with Crippen molar-refractivity contribution in [3.8, 4) is 0 Å². The van der Waals surface area contributed by atoms with Crippen molar-refractivity contribution in [2.75, 3.05) is 11.0 Å². The summed E-state index contributed by atoms with van der Waals surface area (Å²) in [4.78, 5) is 19.7. The first-order valence-corrected chi connectivity index (χ1v) is 7.85. The predicted octanol–water partition coefficient (Wildman–Crippen LogP) is 3.67. The Labute approximate surface area is 129 Å². The number of anilines is 1. The molecule has 0 spiro atoms. The molecular weight excluding hydrogens is 318 g/mol. The summed E-state index contributed by atoms with van der Waals surface area (Å²) in [7, 11) is 0. The number of aromatic nitrogens is 2. The third-order valence-corrected chi connectivity index (χ3v) is 3.84. The van der Waals surface area contributed by atoms with E-state index in [0.717, 1.165) is 9.92 Å². The smallest absolute Gasteiger partial charge is 0.335 e. The highest BCUT2D eigenvalue weighted by molar-refractivity contribution is 8.00. The van der Waals surface area contributed by atoms with Crippen molar-refractivity contribution in [3.63, 3.8) is 0 Å². The fraction of sp³-hybridized carbons (Fsp3) is 0.0833. The molecule has 20 heavy (non-hydrogen) atoms. The van der Waals surface area contributed by atoms with Gasteiger partial charge in [-0.05, 0) is 48.0 Å². The van der Waals surface area contributed by atoms with Gasteiger partial charge in [0.2, 0.25) is 5.28 Å². The predicted molar refractivity (Wildman–Crippen MR) is 81.7 cm³/mol. The van der Waals surface area contributed by atoms with Gasteiger partial charge >= 0.3 is 5.97 Å². The van der Waals surface area contributed by atoms with E-state index in [2.05, 4.69) is 14.7 Å². The lowest BCUT2D eigenvalue weighted by Gasteiger charge is -2.06. The molecule has 1 heterocycles. The number of halogens is 1. The van der Waals surface area contributed by atoms with Gasteiger partial charge < -0.3 is 9.83 Å². The number of thioether (sulfide) groups is 1. The van der Waals surface area contributed by atoms with E-state index in [9.17, 15) is 4.79 Å². The van der Waals surface area contributed by atoms with Crippen molar-refractivity contribution in [2.24, 2.45) is 0 Å². The van der Waals surface area contributed by atoms with E-state index in [4.69, 9.17) is 16.7 Å². The lowest BCUT2D eigenvalue weighted by molar-refractivity contribution is 0.0696. The molecule has 1 aromatic carbocycles. The van der Waals surface area contributed by atoms with Gasteiger partial charge in [-0.1, -0.05) is 6.07 Å². The number of carboxylic acid groups (broad SMARTS) is 1. The Kier molecular flexibility index (Phi) is 5.11. The second-order valence-electron chi connectivity index (χ2n) is 3.60. The number of carbonyl (C=O) groups is 1. The van der Waals surface area contributed by atoms with Crippen LogP contribution in [0.3, 0.4) is 0 Å². The average Bonchev–Trinajstić information content (AvgIpc) is 2.44. The monoisotopic (exact) mass is 327 g/mol. The maximum Gasteiger partial charge on any atom is 0.335 e. The van der Waals surface area contributed by atoms with Crippen LogP contribution in [0.25, 0.3) is 0 Å². The fourth-order valence-electron chi connectivity index (χ4n) is 1.36. The van der Waals surface area contributed by atoms with E-state index in [1.807, 2.05) is 12.3 Å². The summed E-state index contributed by atoms with van der Waals surface area (Å²) >= 11 is 8.54. The third-order valence-electron chi connectivity index (χ3n) is 2.24. The lowest BCUT2D eigenvalue weighted by Crippen LogP contribution is -1.97. The molecule has 0 radical (unpaired) electrons. The summed E-state index contributed by atoms with van der Waals surface area (Å²) in [5.41, 5.74) is 0.238. The number of hydrogen-bond donors (Lipinski definition) is 2. The molecule has 0 unspecified atom stereocenters. The number of carboxylic acids is 1. The topological polar surface area (TPSA) is 75.1 Å². The van der Waals surface area contributed by atoms with E-state index in [1.54, 1.807) is 24.3 Å². The highest BCUT2D eigenvalue weighted by Crippen LogP contribution is 2.24. The van der Waals surface area contributed by atoms with Gasteiger partial charge in [-0.15, -0.1) is 11.8 Å². The normalized spacial score (nSPS) is 10.3. The summed E-state index contributed by atoms with van der Waals surface area (Å²) in [5.74, 6) is -0.387. The minimum atomic E-state index is -0.956. The first-order valence-electron chi connectivity index (χ1n) is 5.43. The number of nitrogens with zero attached hydrogens (tertiary/aromatic N) is 2. The summed E-state index contributed by atoms with van der Waals surface area (Å²) in [6.07, 6.45) is 1.89. The molecule has 104 valence electrons. The second kappa shape index (κ2) is 6.83. The maximum absolute atomic E-state index is 10.9. The van der Waals surface area contributed by atoms with Crippen LogP contribution in [-0.4, -0.2) is 27.3 Å². The first-order chi connectivity index (χ1) is 9.58. The van der Waals surface area contributed by atoms with Crippen molar-refractivity contribution in [1.29, 1.82) is 0 Å². The van der Waals surface area contributed by atoms with Gasteiger partial charge in [0.15, 0.2) is 0 Å². The Balaban J connectivity index is 2.10. The summed E-state index contributed by atoms with van der Waals surface area (Å²) in [5, 5.41) is 9.85. The summed E-state index contributed by atoms with van der Waals surface area (Å²) in [6.45, 7) is 0. The Morgan fingerprint density at radius 2 is 2.15 bits per heavy atom. The number of rotatable bonds is 5. The van der Waals surface area contributed by atoms with E-state index < -0.39 is 5.97 Å². The zero-order valence-corrected chi connectivity index (χ0v) is 12.7. The van der Waals surface area contributed by atoms with Crippen molar-refractivity contribution in [2.45, 2.75) is 9.92 Å². The van der Waals surface area contributed by atoms with Crippen LogP contribution in [0.4, 0.5) is 5.82 Å². The van der Waals surface area contributed by atoms with Gasteiger partial charge in [0.05, 0.1) is 5.56 Å². The maximum atomic E-state index is 10.9. The van der Waals surface area contributed by atoms with Crippen LogP contribution in [0.15, 0.2) is 40.3 Å². The summed E-state index contributed by atoms with van der Waals surface area (Å²) in [6, 6.07) is 8.39. The summed E-state index contributed by atoms with van der Waals surface area (Å²) < 4.78 is 3.02. The number of nitrogens with one attached hydrogen (secondary N) is 1. The second-order valence-corrected chi connectivity index (χ2v) is 5.65. The zero-order chi connectivity index (χ0) is 14.5. The minimum absolute atomic E-state index is 0.166. The Hall–Kier alpha value is -1.44. The van der Waals surface area contributed by atoms with Gasteiger partial charge in [-0.2, -0.15) is 4.98 Å². The molecule has 8 heteroatoms. The van der Waals surface area contributed by atoms with Gasteiger partial charge in [0, 0.05) is 11.0 Å². The van der Waals surface area contributed by atoms with E-state index in [0.29, 0.717) is 5.82 Å². The average molecular weight is 328 g/mol. The van der Waals surface area contributed by atoms with E-state index in [1.165, 1.54) is 23.7 Å². The Morgan fingerprint density at radius 3 is 2.85 bits per heavy atom. The highest BCUT2D eigenvalue weighted by Gasteiger charge is 2.05. The molecular formula is C12H10ClN3O2S2. The van der Waals surface area contributed by atoms with Crippen molar-refractivity contribution >= 4 is 47.1 Å². The van der Waals surface area contributed by atoms with E-state index >= 15 is 0 Å². The molecule has 0 aliphatic rings. The molecule has 2 rings (SSSR count). The Morgan fingerprint density at radius 1 is 1.35 bits per heavy atom.